The van der Waals surface area contributed by atoms with Crippen LogP contribution in [0.15, 0.2) is 71.6 Å². The first kappa shape index (κ1) is 18.7. The molecule has 4 rings (SSSR count). The second kappa shape index (κ2) is 7.37. The number of hydrogen-bond acceptors (Lipinski definition) is 3. The first-order valence-electron chi connectivity index (χ1n) is 9.33. The van der Waals surface area contributed by atoms with Crippen molar-refractivity contribution in [1.82, 2.24) is 4.31 Å². The first-order chi connectivity index (χ1) is 13.4. The lowest BCUT2D eigenvalue weighted by Crippen LogP contribution is -2.43. The quantitative estimate of drug-likeness (QED) is 0.729. The zero-order valence-electron chi connectivity index (χ0n) is 15.6. The van der Waals surface area contributed by atoms with Crippen molar-refractivity contribution in [3.63, 3.8) is 0 Å². The number of aryl methyl sites for hydroxylation is 1. The van der Waals surface area contributed by atoms with E-state index in [0.717, 1.165) is 16.3 Å². The Balaban J connectivity index is 1.61. The average Bonchev–Trinajstić information content (AvgIpc) is 3.18. The fourth-order valence-electron chi connectivity index (χ4n) is 3.70. The fraction of sp³-hybridized carbons (Fsp3) is 0.227. The molecule has 1 N–H and O–H groups in total. The SMILES string of the molecule is Cc1cccc(NC(=O)[C@@H]2CCCN2S(=O)(=O)c2ccc3ccccc3c2)c1. The third kappa shape index (κ3) is 3.53. The van der Waals surface area contributed by atoms with Crippen LogP contribution in [0.3, 0.4) is 0 Å². The van der Waals surface area contributed by atoms with Crippen LogP contribution in [0.25, 0.3) is 10.8 Å². The molecule has 3 aromatic rings. The van der Waals surface area contributed by atoms with E-state index in [4.69, 9.17) is 0 Å². The highest BCUT2D eigenvalue weighted by Crippen LogP contribution is 2.29. The Morgan fingerprint density at radius 1 is 1.00 bits per heavy atom. The van der Waals surface area contributed by atoms with E-state index >= 15 is 0 Å². The lowest BCUT2D eigenvalue weighted by atomic mass is 10.1. The summed E-state index contributed by atoms with van der Waals surface area (Å²) in [4.78, 5) is 13.0. The molecular weight excluding hydrogens is 372 g/mol. The molecule has 0 unspecified atom stereocenters. The van der Waals surface area contributed by atoms with E-state index in [0.29, 0.717) is 25.1 Å². The molecule has 0 saturated carbocycles. The van der Waals surface area contributed by atoms with Gasteiger partial charge in [-0.1, -0.05) is 42.5 Å². The van der Waals surface area contributed by atoms with Crippen molar-refractivity contribution >= 4 is 32.4 Å². The lowest BCUT2D eigenvalue weighted by Gasteiger charge is -2.23. The standard InChI is InChI=1S/C22H22N2O3S/c1-16-6-4-9-19(14-16)23-22(25)21-10-5-13-24(21)28(26,27)20-12-11-17-7-2-3-8-18(17)15-20/h2-4,6-9,11-12,14-15,21H,5,10,13H2,1H3,(H,23,25)/t21-/m0/s1. The van der Waals surface area contributed by atoms with Crippen molar-refractivity contribution in [2.45, 2.75) is 30.7 Å². The largest absolute Gasteiger partial charge is 0.325 e. The number of amides is 1. The zero-order chi connectivity index (χ0) is 19.7. The molecule has 1 fully saturated rings. The summed E-state index contributed by atoms with van der Waals surface area (Å²) in [7, 11) is -3.75. The van der Waals surface area contributed by atoms with Gasteiger partial charge < -0.3 is 5.32 Å². The Hall–Kier alpha value is -2.70. The van der Waals surface area contributed by atoms with E-state index in [2.05, 4.69) is 5.32 Å². The smallest absolute Gasteiger partial charge is 0.243 e. The van der Waals surface area contributed by atoms with Gasteiger partial charge in [-0.25, -0.2) is 8.42 Å². The monoisotopic (exact) mass is 394 g/mol. The molecule has 0 radical (unpaired) electrons. The second-order valence-electron chi connectivity index (χ2n) is 7.14. The van der Waals surface area contributed by atoms with Gasteiger partial charge in [0.2, 0.25) is 15.9 Å². The number of nitrogens with zero attached hydrogens (tertiary/aromatic N) is 1. The van der Waals surface area contributed by atoms with Crippen molar-refractivity contribution in [3.8, 4) is 0 Å². The third-order valence-corrected chi connectivity index (χ3v) is 7.02. The third-order valence-electron chi connectivity index (χ3n) is 5.12. The van der Waals surface area contributed by atoms with Crippen molar-refractivity contribution in [3.05, 3.63) is 72.3 Å². The van der Waals surface area contributed by atoms with E-state index in [-0.39, 0.29) is 10.8 Å². The Morgan fingerprint density at radius 3 is 2.57 bits per heavy atom. The van der Waals surface area contributed by atoms with Crippen LogP contribution in [0.1, 0.15) is 18.4 Å². The summed E-state index contributed by atoms with van der Waals surface area (Å²) >= 11 is 0. The number of hydrogen-bond donors (Lipinski definition) is 1. The van der Waals surface area contributed by atoms with Gasteiger partial charge in [0, 0.05) is 12.2 Å². The molecule has 0 aliphatic carbocycles. The Bertz CT molecular complexity index is 1140. The molecule has 5 nitrogen and oxygen atoms in total. The predicted molar refractivity (Wildman–Crippen MR) is 111 cm³/mol. The highest BCUT2D eigenvalue weighted by Gasteiger charge is 2.39. The Kier molecular flexibility index (Phi) is 4.91. The Morgan fingerprint density at radius 2 is 1.79 bits per heavy atom. The highest BCUT2D eigenvalue weighted by atomic mass is 32.2. The number of nitrogens with one attached hydrogen (secondary N) is 1. The Labute approximate surface area is 165 Å². The number of fused-ring (bicyclic) bond motifs is 1. The van der Waals surface area contributed by atoms with E-state index in [1.54, 1.807) is 18.2 Å². The van der Waals surface area contributed by atoms with Crippen LogP contribution < -0.4 is 5.32 Å². The molecule has 1 atom stereocenters. The minimum atomic E-state index is -3.75. The number of carbonyl (C=O) groups excluding carboxylic acids is 1. The molecular formula is C22H22N2O3S. The van der Waals surface area contributed by atoms with Gasteiger partial charge >= 0.3 is 0 Å². The van der Waals surface area contributed by atoms with Crippen LogP contribution in [0.2, 0.25) is 0 Å². The summed E-state index contributed by atoms with van der Waals surface area (Å²) in [5, 5.41) is 4.71. The number of rotatable bonds is 4. The fourth-order valence-corrected chi connectivity index (χ4v) is 5.39. The van der Waals surface area contributed by atoms with Gasteiger partial charge in [0.1, 0.15) is 6.04 Å². The van der Waals surface area contributed by atoms with Crippen molar-refractivity contribution < 1.29 is 13.2 Å². The average molecular weight is 394 g/mol. The van der Waals surface area contributed by atoms with Crippen LogP contribution in [0, 0.1) is 6.92 Å². The van der Waals surface area contributed by atoms with Gasteiger partial charge in [-0.2, -0.15) is 4.31 Å². The van der Waals surface area contributed by atoms with Crippen molar-refractivity contribution in [2.75, 3.05) is 11.9 Å². The molecule has 0 aromatic heterocycles. The maximum atomic E-state index is 13.2. The van der Waals surface area contributed by atoms with E-state index in [9.17, 15) is 13.2 Å². The molecule has 0 bridgehead atoms. The topological polar surface area (TPSA) is 66.5 Å². The molecule has 28 heavy (non-hydrogen) atoms. The van der Waals surface area contributed by atoms with Gasteiger partial charge in [-0.15, -0.1) is 0 Å². The number of anilines is 1. The van der Waals surface area contributed by atoms with Crippen LogP contribution in [0.5, 0.6) is 0 Å². The predicted octanol–water partition coefficient (Wildman–Crippen LogP) is 3.94. The van der Waals surface area contributed by atoms with Crippen LogP contribution in [0.4, 0.5) is 5.69 Å². The van der Waals surface area contributed by atoms with Crippen molar-refractivity contribution in [2.24, 2.45) is 0 Å². The lowest BCUT2D eigenvalue weighted by molar-refractivity contribution is -0.119. The van der Waals surface area contributed by atoms with Gasteiger partial charge in [0.25, 0.3) is 0 Å². The molecule has 0 spiro atoms. The summed E-state index contributed by atoms with van der Waals surface area (Å²) in [5.74, 6) is -0.285. The van der Waals surface area contributed by atoms with E-state index in [1.807, 2.05) is 55.5 Å². The number of carbonyl (C=O) groups is 1. The van der Waals surface area contributed by atoms with Crippen LogP contribution in [-0.2, 0) is 14.8 Å². The number of sulfonamides is 1. The molecule has 6 heteroatoms. The molecule has 1 aliphatic heterocycles. The summed E-state index contributed by atoms with van der Waals surface area (Å²) in [5.41, 5.74) is 1.71. The van der Waals surface area contributed by atoms with Gasteiger partial charge in [0.15, 0.2) is 0 Å². The zero-order valence-corrected chi connectivity index (χ0v) is 16.4. The second-order valence-corrected chi connectivity index (χ2v) is 9.03. The first-order valence-corrected chi connectivity index (χ1v) is 10.8. The molecule has 1 saturated heterocycles. The highest BCUT2D eigenvalue weighted by molar-refractivity contribution is 7.89. The van der Waals surface area contributed by atoms with E-state index < -0.39 is 16.1 Å². The summed E-state index contributed by atoms with van der Waals surface area (Å²) in [6.45, 7) is 2.29. The van der Waals surface area contributed by atoms with E-state index in [1.165, 1.54) is 4.31 Å². The maximum absolute atomic E-state index is 13.2. The molecule has 1 amide bonds. The maximum Gasteiger partial charge on any atom is 0.243 e. The summed E-state index contributed by atoms with van der Waals surface area (Å²) in [6, 6.07) is 19.5. The summed E-state index contributed by atoms with van der Waals surface area (Å²) < 4.78 is 27.8. The molecule has 3 aromatic carbocycles. The van der Waals surface area contributed by atoms with Crippen molar-refractivity contribution in [1.29, 1.82) is 0 Å². The van der Waals surface area contributed by atoms with Crippen LogP contribution in [-0.4, -0.2) is 31.2 Å². The number of benzene rings is 3. The van der Waals surface area contributed by atoms with Gasteiger partial charge in [-0.05, 0) is 60.4 Å². The normalized spacial score (nSPS) is 17.7. The van der Waals surface area contributed by atoms with Gasteiger partial charge in [0.05, 0.1) is 4.90 Å². The minimum absolute atomic E-state index is 0.224. The van der Waals surface area contributed by atoms with Crippen LogP contribution >= 0.6 is 0 Å². The minimum Gasteiger partial charge on any atom is -0.325 e. The van der Waals surface area contributed by atoms with Gasteiger partial charge in [-0.3, -0.25) is 4.79 Å². The summed E-state index contributed by atoms with van der Waals surface area (Å²) in [6.07, 6.45) is 1.18. The molecule has 1 heterocycles. The molecule has 144 valence electrons. The molecule has 1 aliphatic rings.